The van der Waals surface area contributed by atoms with Gasteiger partial charge >= 0.3 is 0 Å². The first-order chi connectivity index (χ1) is 9.04. The SMILES string of the molecule is CCCc1ccc(C(C)NCCC(=O)N(C)C)cc1. The molecule has 106 valence electrons. The maximum atomic E-state index is 11.5. The van der Waals surface area contributed by atoms with E-state index in [-0.39, 0.29) is 11.9 Å². The lowest BCUT2D eigenvalue weighted by molar-refractivity contribution is -0.128. The highest BCUT2D eigenvalue weighted by Crippen LogP contribution is 2.14. The van der Waals surface area contributed by atoms with Gasteiger partial charge in [0, 0.05) is 33.1 Å². The number of carbonyl (C=O) groups excluding carboxylic acids is 1. The van der Waals surface area contributed by atoms with Gasteiger partial charge in [-0.1, -0.05) is 37.6 Å². The Balaban J connectivity index is 2.40. The van der Waals surface area contributed by atoms with E-state index in [9.17, 15) is 4.79 Å². The molecule has 1 atom stereocenters. The summed E-state index contributed by atoms with van der Waals surface area (Å²) >= 11 is 0. The number of aryl methyl sites for hydroxylation is 1. The number of hydrogen-bond acceptors (Lipinski definition) is 2. The predicted octanol–water partition coefficient (Wildman–Crippen LogP) is 2.77. The zero-order chi connectivity index (χ0) is 14.3. The predicted molar refractivity (Wildman–Crippen MR) is 80.2 cm³/mol. The summed E-state index contributed by atoms with van der Waals surface area (Å²) < 4.78 is 0. The first kappa shape index (κ1) is 15.7. The largest absolute Gasteiger partial charge is 0.349 e. The van der Waals surface area contributed by atoms with Gasteiger partial charge in [0.1, 0.15) is 0 Å². The summed E-state index contributed by atoms with van der Waals surface area (Å²) in [6.45, 7) is 5.05. The first-order valence-corrected chi connectivity index (χ1v) is 7.07. The number of benzene rings is 1. The van der Waals surface area contributed by atoms with Crippen LogP contribution in [0.4, 0.5) is 0 Å². The van der Waals surface area contributed by atoms with Crippen LogP contribution in [-0.4, -0.2) is 31.4 Å². The van der Waals surface area contributed by atoms with Crippen molar-refractivity contribution in [3.8, 4) is 0 Å². The van der Waals surface area contributed by atoms with Crippen LogP contribution in [0.15, 0.2) is 24.3 Å². The van der Waals surface area contributed by atoms with E-state index in [0.717, 1.165) is 13.0 Å². The molecule has 1 amide bonds. The second kappa shape index (κ2) is 7.95. The molecule has 0 aliphatic rings. The van der Waals surface area contributed by atoms with Gasteiger partial charge in [0.15, 0.2) is 0 Å². The lowest BCUT2D eigenvalue weighted by atomic mass is 10.0. The number of nitrogens with zero attached hydrogens (tertiary/aromatic N) is 1. The van der Waals surface area contributed by atoms with Crippen molar-refractivity contribution in [2.45, 2.75) is 39.2 Å². The fraction of sp³-hybridized carbons (Fsp3) is 0.562. The second-order valence-electron chi connectivity index (χ2n) is 5.21. The summed E-state index contributed by atoms with van der Waals surface area (Å²) in [6, 6.07) is 9.03. The van der Waals surface area contributed by atoms with E-state index in [0.29, 0.717) is 6.42 Å². The molecular formula is C16H26N2O. The van der Waals surface area contributed by atoms with Gasteiger partial charge in [0.25, 0.3) is 0 Å². The lowest BCUT2D eigenvalue weighted by Gasteiger charge is -2.16. The van der Waals surface area contributed by atoms with Crippen LogP contribution < -0.4 is 5.32 Å². The molecule has 0 aromatic heterocycles. The molecule has 1 N–H and O–H groups in total. The van der Waals surface area contributed by atoms with E-state index in [4.69, 9.17) is 0 Å². The van der Waals surface area contributed by atoms with Gasteiger partial charge in [-0.15, -0.1) is 0 Å². The molecule has 1 aromatic rings. The fourth-order valence-corrected chi connectivity index (χ4v) is 2.00. The topological polar surface area (TPSA) is 32.3 Å². The third kappa shape index (κ3) is 5.43. The van der Waals surface area contributed by atoms with Crippen LogP contribution in [0.25, 0.3) is 0 Å². The Hall–Kier alpha value is -1.35. The number of carbonyl (C=O) groups is 1. The fourth-order valence-electron chi connectivity index (χ4n) is 2.00. The molecule has 0 aliphatic heterocycles. The van der Waals surface area contributed by atoms with E-state index in [1.807, 2.05) is 0 Å². The molecule has 0 aliphatic carbocycles. The van der Waals surface area contributed by atoms with Gasteiger partial charge in [-0.3, -0.25) is 4.79 Å². The summed E-state index contributed by atoms with van der Waals surface area (Å²) in [6.07, 6.45) is 2.87. The summed E-state index contributed by atoms with van der Waals surface area (Å²) in [5, 5.41) is 3.39. The normalized spacial score (nSPS) is 12.2. The summed E-state index contributed by atoms with van der Waals surface area (Å²) in [5.74, 6) is 0.165. The molecule has 0 spiro atoms. The zero-order valence-corrected chi connectivity index (χ0v) is 12.6. The van der Waals surface area contributed by atoms with Gasteiger partial charge in [-0.2, -0.15) is 0 Å². The van der Waals surface area contributed by atoms with Gasteiger partial charge in [-0.25, -0.2) is 0 Å². The molecule has 19 heavy (non-hydrogen) atoms. The third-order valence-electron chi connectivity index (χ3n) is 3.31. The monoisotopic (exact) mass is 262 g/mol. The van der Waals surface area contributed by atoms with Crippen molar-refractivity contribution < 1.29 is 4.79 Å². The van der Waals surface area contributed by atoms with Crippen LogP contribution in [0, 0.1) is 0 Å². The molecule has 1 rings (SSSR count). The van der Waals surface area contributed by atoms with Crippen molar-refractivity contribution in [3.05, 3.63) is 35.4 Å². The van der Waals surface area contributed by atoms with Crippen molar-refractivity contribution in [1.82, 2.24) is 10.2 Å². The van der Waals surface area contributed by atoms with Crippen LogP contribution in [0.3, 0.4) is 0 Å². The quantitative estimate of drug-likeness (QED) is 0.819. The summed E-state index contributed by atoms with van der Waals surface area (Å²) in [4.78, 5) is 13.1. The molecule has 0 bridgehead atoms. The maximum absolute atomic E-state index is 11.5. The molecule has 0 heterocycles. The molecule has 0 fully saturated rings. The third-order valence-corrected chi connectivity index (χ3v) is 3.31. The van der Waals surface area contributed by atoms with E-state index < -0.39 is 0 Å². The lowest BCUT2D eigenvalue weighted by Crippen LogP contribution is -2.28. The van der Waals surface area contributed by atoms with Gasteiger partial charge in [-0.05, 0) is 24.5 Å². The second-order valence-corrected chi connectivity index (χ2v) is 5.21. The Morgan fingerprint density at radius 2 is 1.89 bits per heavy atom. The molecule has 3 nitrogen and oxygen atoms in total. The Kier molecular flexibility index (Phi) is 6.57. The van der Waals surface area contributed by atoms with Crippen LogP contribution in [0.1, 0.15) is 43.9 Å². The minimum Gasteiger partial charge on any atom is -0.349 e. The van der Waals surface area contributed by atoms with Crippen LogP contribution >= 0.6 is 0 Å². The highest BCUT2D eigenvalue weighted by Gasteiger charge is 2.07. The van der Waals surface area contributed by atoms with E-state index in [1.165, 1.54) is 17.5 Å². The van der Waals surface area contributed by atoms with E-state index >= 15 is 0 Å². The molecule has 1 aromatic carbocycles. The van der Waals surface area contributed by atoms with E-state index in [1.54, 1.807) is 19.0 Å². The number of nitrogens with one attached hydrogen (secondary N) is 1. The molecule has 3 heteroatoms. The molecule has 0 saturated heterocycles. The first-order valence-electron chi connectivity index (χ1n) is 7.07. The summed E-state index contributed by atoms with van der Waals surface area (Å²) in [7, 11) is 3.58. The van der Waals surface area contributed by atoms with Crippen molar-refractivity contribution in [3.63, 3.8) is 0 Å². The summed E-state index contributed by atoms with van der Waals surface area (Å²) in [5.41, 5.74) is 2.67. The van der Waals surface area contributed by atoms with E-state index in [2.05, 4.69) is 43.4 Å². The Bertz CT molecular complexity index is 384. The minimum absolute atomic E-state index is 0.165. The zero-order valence-electron chi connectivity index (χ0n) is 12.6. The molecular weight excluding hydrogens is 236 g/mol. The van der Waals surface area contributed by atoms with Crippen molar-refractivity contribution >= 4 is 5.91 Å². The Morgan fingerprint density at radius 1 is 1.26 bits per heavy atom. The van der Waals surface area contributed by atoms with Crippen LogP contribution in [0.2, 0.25) is 0 Å². The van der Waals surface area contributed by atoms with Gasteiger partial charge in [0.2, 0.25) is 5.91 Å². The molecule has 1 unspecified atom stereocenters. The average Bonchev–Trinajstić information content (AvgIpc) is 2.39. The minimum atomic E-state index is 0.165. The van der Waals surface area contributed by atoms with Crippen molar-refractivity contribution in [1.29, 1.82) is 0 Å². The van der Waals surface area contributed by atoms with Crippen molar-refractivity contribution in [2.24, 2.45) is 0 Å². The van der Waals surface area contributed by atoms with Crippen molar-refractivity contribution in [2.75, 3.05) is 20.6 Å². The highest BCUT2D eigenvalue weighted by molar-refractivity contribution is 5.75. The van der Waals surface area contributed by atoms with Crippen LogP contribution in [0.5, 0.6) is 0 Å². The molecule has 0 radical (unpaired) electrons. The number of amides is 1. The number of hydrogen-bond donors (Lipinski definition) is 1. The highest BCUT2D eigenvalue weighted by atomic mass is 16.2. The number of rotatable bonds is 7. The Morgan fingerprint density at radius 3 is 2.42 bits per heavy atom. The average molecular weight is 262 g/mol. The maximum Gasteiger partial charge on any atom is 0.223 e. The Labute approximate surface area is 117 Å². The van der Waals surface area contributed by atoms with Gasteiger partial charge in [0.05, 0.1) is 0 Å². The van der Waals surface area contributed by atoms with Gasteiger partial charge < -0.3 is 10.2 Å². The molecule has 0 saturated carbocycles. The van der Waals surface area contributed by atoms with Crippen LogP contribution in [-0.2, 0) is 11.2 Å². The smallest absolute Gasteiger partial charge is 0.223 e. The standard InChI is InChI=1S/C16H26N2O/c1-5-6-14-7-9-15(10-8-14)13(2)17-12-11-16(19)18(3)4/h7-10,13,17H,5-6,11-12H2,1-4H3.